The van der Waals surface area contributed by atoms with Gasteiger partial charge in [-0.2, -0.15) is 0 Å². The number of hydrogen-bond acceptors (Lipinski definition) is 2. The lowest BCUT2D eigenvalue weighted by Crippen LogP contribution is -2.21. The van der Waals surface area contributed by atoms with Gasteiger partial charge in [-0.15, -0.1) is 0 Å². The Bertz CT molecular complexity index is 792. The highest BCUT2D eigenvalue weighted by Crippen LogP contribution is 2.46. The first-order chi connectivity index (χ1) is 12.5. The Morgan fingerprint density at radius 2 is 1.58 bits per heavy atom. The molecule has 3 rings (SSSR count). The highest BCUT2D eigenvalue weighted by molar-refractivity contribution is 5.72. The van der Waals surface area contributed by atoms with Crippen molar-refractivity contribution in [2.75, 3.05) is 0 Å². The van der Waals surface area contributed by atoms with Crippen LogP contribution in [0.3, 0.4) is 0 Å². The van der Waals surface area contributed by atoms with Gasteiger partial charge in [-0.05, 0) is 54.9 Å². The molecular formula is C24H28O2. The van der Waals surface area contributed by atoms with Crippen LogP contribution in [0.4, 0.5) is 0 Å². The standard InChI is InChI=1S/C24H28O2/c1-16(2)20-12-9-17(3)13-21(20)24-22(25)14-19(15-23(24)26)11-10-18-7-5-4-6-8-18/h4-8,10-11,13-16,20-21,25-26H,9,12H2,1-3H3/b11-10+/t20-,21?/m0/s1. The number of phenols is 2. The maximum atomic E-state index is 10.7. The molecule has 0 bridgehead atoms. The summed E-state index contributed by atoms with van der Waals surface area (Å²) in [6.07, 6.45) is 8.32. The fourth-order valence-corrected chi connectivity index (χ4v) is 3.97. The van der Waals surface area contributed by atoms with Gasteiger partial charge >= 0.3 is 0 Å². The molecule has 0 amide bonds. The van der Waals surface area contributed by atoms with Gasteiger partial charge in [0.05, 0.1) is 0 Å². The molecule has 0 saturated heterocycles. The lowest BCUT2D eigenvalue weighted by molar-refractivity contribution is 0.304. The summed E-state index contributed by atoms with van der Waals surface area (Å²) in [4.78, 5) is 0. The van der Waals surface area contributed by atoms with E-state index in [4.69, 9.17) is 0 Å². The predicted molar refractivity (Wildman–Crippen MR) is 109 cm³/mol. The molecule has 1 unspecified atom stereocenters. The highest BCUT2D eigenvalue weighted by atomic mass is 16.3. The molecule has 0 aliphatic heterocycles. The average Bonchev–Trinajstić information content (AvgIpc) is 2.60. The SMILES string of the molecule is CC1=CC(c2c(O)cc(/C=C/c3ccccc3)cc2O)[C@H](C(C)C)CC1. The molecule has 2 aromatic rings. The van der Waals surface area contributed by atoms with Crippen molar-refractivity contribution in [3.05, 3.63) is 70.8 Å². The van der Waals surface area contributed by atoms with Crippen molar-refractivity contribution in [2.45, 2.75) is 39.5 Å². The van der Waals surface area contributed by atoms with E-state index in [2.05, 4.69) is 26.8 Å². The van der Waals surface area contributed by atoms with Crippen LogP contribution in [0.15, 0.2) is 54.1 Å². The Hall–Kier alpha value is -2.48. The number of phenolic OH excluding ortho intramolecular Hbond substituents is 2. The Labute approximate surface area is 156 Å². The molecule has 2 atom stereocenters. The van der Waals surface area contributed by atoms with E-state index < -0.39 is 0 Å². The van der Waals surface area contributed by atoms with Crippen LogP contribution in [0.5, 0.6) is 11.5 Å². The molecule has 1 aliphatic carbocycles. The second-order valence-corrected chi connectivity index (χ2v) is 7.70. The van der Waals surface area contributed by atoms with Gasteiger partial charge in [0.15, 0.2) is 0 Å². The Balaban J connectivity index is 1.94. The van der Waals surface area contributed by atoms with Crippen LogP contribution in [0, 0.1) is 11.8 Å². The van der Waals surface area contributed by atoms with Crippen molar-refractivity contribution in [1.29, 1.82) is 0 Å². The first-order valence-corrected chi connectivity index (χ1v) is 9.42. The van der Waals surface area contributed by atoms with Crippen LogP contribution in [0.2, 0.25) is 0 Å². The average molecular weight is 348 g/mol. The number of rotatable bonds is 4. The molecule has 0 aromatic heterocycles. The van der Waals surface area contributed by atoms with Gasteiger partial charge in [0, 0.05) is 11.5 Å². The molecule has 0 fully saturated rings. The number of benzene rings is 2. The van der Waals surface area contributed by atoms with Crippen molar-refractivity contribution in [1.82, 2.24) is 0 Å². The molecular weight excluding hydrogens is 320 g/mol. The minimum absolute atomic E-state index is 0.0657. The zero-order valence-corrected chi connectivity index (χ0v) is 15.8. The first kappa shape index (κ1) is 18.3. The second-order valence-electron chi connectivity index (χ2n) is 7.70. The molecule has 26 heavy (non-hydrogen) atoms. The summed E-state index contributed by atoms with van der Waals surface area (Å²) in [5, 5.41) is 21.4. The molecule has 136 valence electrons. The summed E-state index contributed by atoms with van der Waals surface area (Å²) in [6.45, 7) is 6.57. The van der Waals surface area contributed by atoms with E-state index in [1.165, 1.54) is 5.57 Å². The third-order valence-corrected chi connectivity index (χ3v) is 5.41. The van der Waals surface area contributed by atoms with E-state index in [0.29, 0.717) is 17.4 Å². The van der Waals surface area contributed by atoms with Gasteiger partial charge in [-0.3, -0.25) is 0 Å². The molecule has 2 N–H and O–H groups in total. The number of hydrogen-bond donors (Lipinski definition) is 2. The molecule has 1 aliphatic rings. The molecule has 2 aromatic carbocycles. The molecule has 0 spiro atoms. The normalized spacial score (nSPS) is 20.5. The minimum Gasteiger partial charge on any atom is -0.507 e. The quantitative estimate of drug-likeness (QED) is 0.498. The summed E-state index contributed by atoms with van der Waals surface area (Å²) >= 11 is 0. The lowest BCUT2D eigenvalue weighted by Gasteiger charge is -2.33. The van der Waals surface area contributed by atoms with E-state index in [1.807, 2.05) is 42.5 Å². The van der Waals surface area contributed by atoms with Gasteiger partial charge in [-0.1, -0.05) is 68.0 Å². The van der Waals surface area contributed by atoms with Crippen molar-refractivity contribution in [3.8, 4) is 11.5 Å². The van der Waals surface area contributed by atoms with Crippen LogP contribution in [-0.4, -0.2) is 10.2 Å². The van der Waals surface area contributed by atoms with Crippen molar-refractivity contribution in [2.24, 2.45) is 11.8 Å². The summed E-state index contributed by atoms with van der Waals surface area (Å²) in [7, 11) is 0. The monoisotopic (exact) mass is 348 g/mol. The summed E-state index contributed by atoms with van der Waals surface area (Å²) in [5.41, 5.74) is 3.88. The molecule has 0 radical (unpaired) electrons. The van der Waals surface area contributed by atoms with Crippen LogP contribution in [-0.2, 0) is 0 Å². The molecule has 2 nitrogen and oxygen atoms in total. The Morgan fingerprint density at radius 3 is 2.19 bits per heavy atom. The molecule has 2 heteroatoms. The van der Waals surface area contributed by atoms with Crippen LogP contribution >= 0.6 is 0 Å². The fourth-order valence-electron chi connectivity index (χ4n) is 3.97. The summed E-state index contributed by atoms with van der Waals surface area (Å²) < 4.78 is 0. The maximum absolute atomic E-state index is 10.7. The third kappa shape index (κ3) is 4.01. The first-order valence-electron chi connectivity index (χ1n) is 9.42. The summed E-state index contributed by atoms with van der Waals surface area (Å²) in [5.74, 6) is 1.36. The van der Waals surface area contributed by atoms with Crippen molar-refractivity contribution in [3.63, 3.8) is 0 Å². The van der Waals surface area contributed by atoms with E-state index in [0.717, 1.165) is 24.0 Å². The van der Waals surface area contributed by atoms with Crippen LogP contribution < -0.4 is 0 Å². The zero-order valence-electron chi connectivity index (χ0n) is 15.8. The second kappa shape index (κ2) is 7.82. The van der Waals surface area contributed by atoms with Gasteiger partial charge in [0.25, 0.3) is 0 Å². The van der Waals surface area contributed by atoms with Gasteiger partial charge in [0.1, 0.15) is 11.5 Å². The summed E-state index contributed by atoms with van der Waals surface area (Å²) in [6, 6.07) is 13.5. The van der Waals surface area contributed by atoms with E-state index in [1.54, 1.807) is 12.1 Å². The Morgan fingerprint density at radius 1 is 0.962 bits per heavy atom. The topological polar surface area (TPSA) is 40.5 Å². The van der Waals surface area contributed by atoms with Crippen LogP contribution in [0.1, 0.15) is 56.2 Å². The maximum Gasteiger partial charge on any atom is 0.123 e. The smallest absolute Gasteiger partial charge is 0.123 e. The van der Waals surface area contributed by atoms with E-state index >= 15 is 0 Å². The van der Waals surface area contributed by atoms with Gasteiger partial charge in [-0.25, -0.2) is 0 Å². The third-order valence-electron chi connectivity index (χ3n) is 5.41. The van der Waals surface area contributed by atoms with Crippen molar-refractivity contribution >= 4 is 12.2 Å². The molecule has 0 saturated carbocycles. The number of aromatic hydroxyl groups is 2. The lowest BCUT2D eigenvalue weighted by atomic mass is 9.71. The van der Waals surface area contributed by atoms with Gasteiger partial charge < -0.3 is 10.2 Å². The van der Waals surface area contributed by atoms with E-state index in [-0.39, 0.29) is 17.4 Å². The fraction of sp³-hybridized carbons (Fsp3) is 0.333. The highest BCUT2D eigenvalue weighted by Gasteiger charge is 2.31. The number of allylic oxidation sites excluding steroid dienone is 2. The van der Waals surface area contributed by atoms with Crippen LogP contribution in [0.25, 0.3) is 12.2 Å². The largest absolute Gasteiger partial charge is 0.507 e. The van der Waals surface area contributed by atoms with E-state index in [9.17, 15) is 10.2 Å². The zero-order chi connectivity index (χ0) is 18.7. The predicted octanol–water partition coefficient (Wildman–Crippen LogP) is 6.36. The Kier molecular flexibility index (Phi) is 5.51. The molecule has 0 heterocycles. The van der Waals surface area contributed by atoms with Crippen molar-refractivity contribution < 1.29 is 10.2 Å². The minimum atomic E-state index is 0.0657. The van der Waals surface area contributed by atoms with Gasteiger partial charge in [0.2, 0.25) is 0 Å².